The summed E-state index contributed by atoms with van der Waals surface area (Å²) in [5.74, 6) is 0.108. The fourth-order valence-electron chi connectivity index (χ4n) is 2.93. The number of nitrogens with zero attached hydrogens (tertiary/aromatic N) is 2. The van der Waals surface area contributed by atoms with Gasteiger partial charge in [0, 0.05) is 11.9 Å². The number of rotatable bonds is 5. The summed E-state index contributed by atoms with van der Waals surface area (Å²) in [4.78, 5) is 19.0. The molecular weight excluding hydrogens is 336 g/mol. The molecule has 2 aromatic heterocycles. The quantitative estimate of drug-likeness (QED) is 0.495. The maximum atomic E-state index is 13.0. The fraction of sp³-hybridized carbons (Fsp3) is 0.0435. The molecule has 0 fully saturated rings. The SMILES string of the molecule is O=C(c1ccco1)N(Cc1ccccn1)c1ccc(-c2ccccc2)cc1. The van der Waals surface area contributed by atoms with Gasteiger partial charge in [0.25, 0.3) is 5.91 Å². The first-order valence-corrected chi connectivity index (χ1v) is 8.72. The molecule has 2 heterocycles. The van der Waals surface area contributed by atoms with E-state index < -0.39 is 0 Å². The van der Waals surface area contributed by atoms with Gasteiger partial charge in [-0.1, -0.05) is 48.5 Å². The van der Waals surface area contributed by atoms with Crippen LogP contribution in [0.15, 0.2) is 102 Å². The number of hydrogen-bond donors (Lipinski definition) is 0. The summed E-state index contributed by atoms with van der Waals surface area (Å²) in [5, 5.41) is 0. The minimum Gasteiger partial charge on any atom is -0.459 e. The highest BCUT2D eigenvalue weighted by molar-refractivity contribution is 6.04. The first kappa shape index (κ1) is 16.8. The van der Waals surface area contributed by atoms with E-state index in [2.05, 4.69) is 17.1 Å². The van der Waals surface area contributed by atoms with Crippen molar-refractivity contribution in [3.8, 4) is 11.1 Å². The van der Waals surface area contributed by atoms with Crippen molar-refractivity contribution in [3.05, 3.63) is 109 Å². The van der Waals surface area contributed by atoms with Gasteiger partial charge < -0.3 is 4.42 Å². The normalized spacial score (nSPS) is 10.5. The average Bonchev–Trinajstić information content (AvgIpc) is 3.28. The van der Waals surface area contributed by atoms with Crippen molar-refractivity contribution >= 4 is 11.6 Å². The van der Waals surface area contributed by atoms with Crippen LogP contribution in [0.3, 0.4) is 0 Å². The second kappa shape index (κ2) is 7.70. The lowest BCUT2D eigenvalue weighted by Gasteiger charge is -2.22. The van der Waals surface area contributed by atoms with Crippen molar-refractivity contribution in [2.75, 3.05) is 4.90 Å². The van der Waals surface area contributed by atoms with E-state index in [1.54, 1.807) is 23.2 Å². The van der Waals surface area contributed by atoms with E-state index in [4.69, 9.17) is 4.42 Å². The molecule has 0 radical (unpaired) electrons. The van der Waals surface area contributed by atoms with E-state index in [1.807, 2.05) is 60.7 Å². The molecule has 0 unspecified atom stereocenters. The van der Waals surface area contributed by atoms with Crippen LogP contribution in [0.5, 0.6) is 0 Å². The molecule has 0 atom stereocenters. The second-order valence-electron chi connectivity index (χ2n) is 6.10. The molecule has 0 aliphatic carbocycles. The molecule has 0 saturated carbocycles. The molecule has 0 aliphatic heterocycles. The van der Waals surface area contributed by atoms with Crippen LogP contribution in [-0.2, 0) is 6.54 Å². The van der Waals surface area contributed by atoms with Gasteiger partial charge in [-0.3, -0.25) is 14.7 Å². The number of carbonyl (C=O) groups is 1. The predicted octanol–water partition coefficient (Wildman–Crippen LogP) is 5.19. The Bertz CT molecular complexity index is 995. The Hall–Kier alpha value is -3.66. The van der Waals surface area contributed by atoms with E-state index in [-0.39, 0.29) is 5.91 Å². The summed E-state index contributed by atoms with van der Waals surface area (Å²) in [6.45, 7) is 0.366. The molecular formula is C23H18N2O2. The molecule has 0 N–H and O–H groups in total. The number of anilines is 1. The van der Waals surface area contributed by atoms with E-state index in [9.17, 15) is 4.79 Å². The highest BCUT2D eigenvalue weighted by atomic mass is 16.3. The van der Waals surface area contributed by atoms with Crippen molar-refractivity contribution in [2.24, 2.45) is 0 Å². The van der Waals surface area contributed by atoms with E-state index in [1.165, 1.54) is 6.26 Å². The molecule has 4 aromatic rings. The molecule has 0 aliphatic rings. The van der Waals surface area contributed by atoms with Crippen LogP contribution in [0.4, 0.5) is 5.69 Å². The van der Waals surface area contributed by atoms with Gasteiger partial charge in [-0.15, -0.1) is 0 Å². The average molecular weight is 354 g/mol. The highest BCUT2D eigenvalue weighted by Gasteiger charge is 2.21. The molecule has 4 rings (SSSR count). The van der Waals surface area contributed by atoms with Gasteiger partial charge in [-0.25, -0.2) is 0 Å². The molecule has 1 amide bonds. The fourth-order valence-corrected chi connectivity index (χ4v) is 2.93. The Morgan fingerprint density at radius 1 is 0.815 bits per heavy atom. The Morgan fingerprint density at radius 3 is 2.22 bits per heavy atom. The van der Waals surface area contributed by atoms with Gasteiger partial charge in [0.15, 0.2) is 5.76 Å². The molecule has 0 bridgehead atoms. The van der Waals surface area contributed by atoms with E-state index in [0.29, 0.717) is 12.3 Å². The first-order chi connectivity index (χ1) is 13.3. The molecule has 27 heavy (non-hydrogen) atoms. The second-order valence-corrected chi connectivity index (χ2v) is 6.10. The molecule has 132 valence electrons. The summed E-state index contributed by atoms with van der Waals surface area (Å²) in [7, 11) is 0. The predicted molar refractivity (Wildman–Crippen MR) is 105 cm³/mol. The summed E-state index contributed by atoms with van der Waals surface area (Å²) in [6.07, 6.45) is 3.23. The van der Waals surface area contributed by atoms with Crippen molar-refractivity contribution in [2.45, 2.75) is 6.54 Å². The number of pyridine rings is 1. The van der Waals surface area contributed by atoms with E-state index in [0.717, 1.165) is 22.5 Å². The van der Waals surface area contributed by atoms with Crippen molar-refractivity contribution < 1.29 is 9.21 Å². The standard InChI is InChI=1S/C23H18N2O2/c26-23(22-10-6-16-27-22)25(17-20-9-4-5-15-24-20)21-13-11-19(12-14-21)18-7-2-1-3-8-18/h1-16H,17H2. The largest absolute Gasteiger partial charge is 0.459 e. The summed E-state index contributed by atoms with van der Waals surface area (Å²) >= 11 is 0. The summed E-state index contributed by atoms with van der Waals surface area (Å²) < 4.78 is 5.32. The topological polar surface area (TPSA) is 46.3 Å². The Labute approximate surface area is 157 Å². The van der Waals surface area contributed by atoms with Crippen LogP contribution in [0, 0.1) is 0 Å². The van der Waals surface area contributed by atoms with E-state index >= 15 is 0 Å². The van der Waals surface area contributed by atoms with Gasteiger partial charge in [-0.05, 0) is 47.5 Å². The van der Waals surface area contributed by atoms with Crippen LogP contribution in [0.1, 0.15) is 16.2 Å². The van der Waals surface area contributed by atoms with Crippen LogP contribution in [-0.4, -0.2) is 10.9 Å². The van der Waals surface area contributed by atoms with Crippen molar-refractivity contribution in [1.29, 1.82) is 0 Å². The zero-order valence-electron chi connectivity index (χ0n) is 14.7. The summed E-state index contributed by atoms with van der Waals surface area (Å²) in [5.41, 5.74) is 3.84. The third-order valence-electron chi connectivity index (χ3n) is 4.31. The number of carbonyl (C=O) groups excluding carboxylic acids is 1. The van der Waals surface area contributed by atoms with Crippen LogP contribution < -0.4 is 4.90 Å². The lowest BCUT2D eigenvalue weighted by molar-refractivity contribution is 0.0958. The molecule has 2 aromatic carbocycles. The Balaban J connectivity index is 1.66. The van der Waals surface area contributed by atoms with Crippen LogP contribution in [0.2, 0.25) is 0 Å². The molecule has 4 nitrogen and oxygen atoms in total. The maximum Gasteiger partial charge on any atom is 0.294 e. The van der Waals surface area contributed by atoms with Crippen molar-refractivity contribution in [1.82, 2.24) is 4.98 Å². The lowest BCUT2D eigenvalue weighted by Crippen LogP contribution is -2.30. The molecule has 0 saturated heterocycles. The van der Waals surface area contributed by atoms with Gasteiger partial charge in [-0.2, -0.15) is 0 Å². The minimum atomic E-state index is -0.196. The third-order valence-corrected chi connectivity index (χ3v) is 4.31. The highest BCUT2D eigenvalue weighted by Crippen LogP contribution is 2.25. The number of amides is 1. The van der Waals surface area contributed by atoms with Crippen molar-refractivity contribution in [3.63, 3.8) is 0 Å². The van der Waals surface area contributed by atoms with Crippen LogP contribution in [0.25, 0.3) is 11.1 Å². The third kappa shape index (κ3) is 3.80. The lowest BCUT2D eigenvalue weighted by atomic mass is 10.1. The number of aromatic nitrogens is 1. The number of furan rings is 1. The Morgan fingerprint density at radius 2 is 1.56 bits per heavy atom. The smallest absolute Gasteiger partial charge is 0.294 e. The monoisotopic (exact) mass is 354 g/mol. The van der Waals surface area contributed by atoms with Gasteiger partial charge in [0.05, 0.1) is 18.5 Å². The number of benzene rings is 2. The molecule has 4 heteroatoms. The van der Waals surface area contributed by atoms with Gasteiger partial charge in [0.1, 0.15) is 0 Å². The van der Waals surface area contributed by atoms with Gasteiger partial charge in [0.2, 0.25) is 0 Å². The maximum absolute atomic E-state index is 13.0. The zero-order chi connectivity index (χ0) is 18.5. The Kier molecular flexibility index (Phi) is 4.79. The number of hydrogen-bond acceptors (Lipinski definition) is 3. The first-order valence-electron chi connectivity index (χ1n) is 8.72. The zero-order valence-corrected chi connectivity index (χ0v) is 14.7. The van der Waals surface area contributed by atoms with Crippen LogP contribution >= 0.6 is 0 Å². The molecule has 0 spiro atoms. The van der Waals surface area contributed by atoms with Gasteiger partial charge >= 0.3 is 0 Å². The minimum absolute atomic E-state index is 0.196. The summed E-state index contributed by atoms with van der Waals surface area (Å²) in [6, 6.07) is 27.1.